The highest BCUT2D eigenvalue weighted by Gasteiger charge is 2.30. The molecule has 9 N–H and O–H groups in total. The van der Waals surface area contributed by atoms with E-state index in [0.717, 1.165) is 10.9 Å². The summed E-state index contributed by atoms with van der Waals surface area (Å²) in [6.45, 7) is 1.20. The van der Waals surface area contributed by atoms with Gasteiger partial charge >= 0.3 is 17.9 Å². The molecule has 14 nitrogen and oxygen atoms in total. The maximum Gasteiger partial charge on any atom is 0.325 e. The number of H-pyrrole nitrogens is 1. The molecule has 0 aliphatic heterocycles. The number of amides is 3. The van der Waals surface area contributed by atoms with Crippen molar-refractivity contribution in [3.8, 4) is 0 Å². The number of aromatic nitrogens is 1. The van der Waals surface area contributed by atoms with Crippen LogP contribution in [0.25, 0.3) is 10.9 Å². The minimum Gasteiger partial charge on any atom is -0.481 e. The second-order valence-corrected chi connectivity index (χ2v) is 8.73. The Labute approximate surface area is 217 Å². The third-order valence-electron chi connectivity index (χ3n) is 5.75. The number of para-hydroxylation sites is 1. The molecule has 0 aliphatic rings. The number of fused-ring (bicyclic) bond motifs is 1. The van der Waals surface area contributed by atoms with Gasteiger partial charge in [-0.25, -0.2) is 0 Å². The lowest BCUT2D eigenvalue weighted by Crippen LogP contribution is -2.57. The molecule has 0 saturated carbocycles. The van der Waals surface area contributed by atoms with Crippen LogP contribution in [0.5, 0.6) is 0 Å². The standard InChI is InChI=1S/C24H31N5O9/c1-12(24(37)38)27-22(35)17(7-9-20(32)33)28-23(36)18(29-21(34)15(25)6-8-19(30)31)10-13-11-26-16-5-3-2-4-14(13)16/h2-5,11-12,15,17-18,26H,6-10,25H2,1H3,(H,27,35)(H,28,36)(H,29,34)(H,30,31)(H,32,33)(H,37,38). The molecule has 0 fully saturated rings. The number of aromatic amines is 1. The number of aliphatic carboxylic acids is 3. The van der Waals surface area contributed by atoms with E-state index in [4.69, 9.17) is 21.1 Å². The first kappa shape index (κ1) is 29.8. The number of carbonyl (C=O) groups is 6. The van der Waals surface area contributed by atoms with Crippen molar-refractivity contribution in [1.82, 2.24) is 20.9 Å². The van der Waals surface area contributed by atoms with Crippen LogP contribution in [0, 0.1) is 0 Å². The summed E-state index contributed by atoms with van der Waals surface area (Å²) in [5.41, 5.74) is 7.21. The van der Waals surface area contributed by atoms with Gasteiger partial charge in [0.2, 0.25) is 17.7 Å². The third-order valence-corrected chi connectivity index (χ3v) is 5.75. The normalized spacial score (nSPS) is 14.1. The summed E-state index contributed by atoms with van der Waals surface area (Å²) in [6, 6.07) is 1.97. The van der Waals surface area contributed by atoms with E-state index in [2.05, 4.69) is 20.9 Å². The van der Waals surface area contributed by atoms with Gasteiger partial charge in [-0.2, -0.15) is 0 Å². The monoisotopic (exact) mass is 533 g/mol. The van der Waals surface area contributed by atoms with E-state index in [0.29, 0.717) is 5.56 Å². The van der Waals surface area contributed by atoms with E-state index in [1.807, 2.05) is 6.07 Å². The molecule has 1 heterocycles. The minimum absolute atomic E-state index is 0.0496. The highest BCUT2D eigenvalue weighted by molar-refractivity contribution is 5.95. The average Bonchev–Trinajstić information content (AvgIpc) is 3.26. The molecule has 0 spiro atoms. The van der Waals surface area contributed by atoms with Crippen molar-refractivity contribution in [2.75, 3.05) is 0 Å². The fourth-order valence-corrected chi connectivity index (χ4v) is 3.60. The first-order chi connectivity index (χ1) is 17.9. The predicted octanol–water partition coefficient (Wildman–Crippen LogP) is -0.674. The zero-order chi connectivity index (χ0) is 28.4. The van der Waals surface area contributed by atoms with Crippen LogP contribution in [0.15, 0.2) is 30.5 Å². The van der Waals surface area contributed by atoms with Crippen molar-refractivity contribution in [3.05, 3.63) is 36.0 Å². The number of carboxylic acid groups (broad SMARTS) is 3. The molecule has 14 heteroatoms. The molecule has 0 bridgehead atoms. The molecule has 3 amide bonds. The van der Waals surface area contributed by atoms with E-state index in [1.54, 1.807) is 24.4 Å². The SMILES string of the molecule is CC(NC(=O)C(CCC(=O)O)NC(=O)C(Cc1c[nH]c2ccccc12)NC(=O)C(N)CCC(=O)O)C(=O)O. The van der Waals surface area contributed by atoms with Crippen LogP contribution in [-0.4, -0.2) is 80.1 Å². The van der Waals surface area contributed by atoms with Gasteiger partial charge in [0, 0.05) is 36.4 Å². The van der Waals surface area contributed by atoms with Gasteiger partial charge in [-0.1, -0.05) is 18.2 Å². The summed E-state index contributed by atoms with van der Waals surface area (Å²) in [7, 11) is 0. The smallest absolute Gasteiger partial charge is 0.325 e. The van der Waals surface area contributed by atoms with Crippen LogP contribution >= 0.6 is 0 Å². The molecule has 1 aromatic carbocycles. The Morgan fingerprint density at radius 1 is 0.842 bits per heavy atom. The number of hydrogen-bond donors (Lipinski definition) is 8. The largest absolute Gasteiger partial charge is 0.481 e. The van der Waals surface area contributed by atoms with Crippen LogP contribution in [0.2, 0.25) is 0 Å². The predicted molar refractivity (Wildman–Crippen MR) is 133 cm³/mol. The molecule has 4 atom stereocenters. The third kappa shape index (κ3) is 8.89. The molecular weight excluding hydrogens is 502 g/mol. The molecule has 38 heavy (non-hydrogen) atoms. The van der Waals surface area contributed by atoms with Gasteiger partial charge in [0.15, 0.2) is 0 Å². The molecule has 0 aliphatic carbocycles. The zero-order valence-electron chi connectivity index (χ0n) is 20.6. The second-order valence-electron chi connectivity index (χ2n) is 8.73. The van der Waals surface area contributed by atoms with Crippen molar-refractivity contribution in [2.45, 2.75) is 63.2 Å². The van der Waals surface area contributed by atoms with E-state index >= 15 is 0 Å². The highest BCUT2D eigenvalue weighted by Crippen LogP contribution is 2.19. The van der Waals surface area contributed by atoms with Gasteiger partial charge in [-0.3, -0.25) is 28.8 Å². The Morgan fingerprint density at radius 2 is 1.42 bits per heavy atom. The van der Waals surface area contributed by atoms with E-state index in [9.17, 15) is 28.8 Å². The van der Waals surface area contributed by atoms with E-state index < -0.39 is 66.2 Å². The molecule has 4 unspecified atom stereocenters. The van der Waals surface area contributed by atoms with Gasteiger partial charge in [0.05, 0.1) is 6.04 Å². The molecule has 2 aromatic rings. The Hall–Kier alpha value is -4.46. The van der Waals surface area contributed by atoms with Gasteiger partial charge in [0.1, 0.15) is 18.1 Å². The maximum absolute atomic E-state index is 13.3. The van der Waals surface area contributed by atoms with Crippen molar-refractivity contribution in [3.63, 3.8) is 0 Å². The lowest BCUT2D eigenvalue weighted by Gasteiger charge is -2.24. The first-order valence-corrected chi connectivity index (χ1v) is 11.8. The molecule has 0 saturated heterocycles. The van der Waals surface area contributed by atoms with Crippen LogP contribution in [0.3, 0.4) is 0 Å². The molecule has 1 aromatic heterocycles. The van der Waals surface area contributed by atoms with Crippen LogP contribution in [0.1, 0.15) is 38.2 Å². The van der Waals surface area contributed by atoms with Gasteiger partial charge in [-0.05, 0) is 31.4 Å². The average molecular weight is 534 g/mol. The van der Waals surface area contributed by atoms with Crippen LogP contribution in [0.4, 0.5) is 0 Å². The lowest BCUT2D eigenvalue weighted by atomic mass is 10.0. The van der Waals surface area contributed by atoms with Crippen molar-refractivity contribution < 1.29 is 44.1 Å². The number of carboxylic acids is 3. The number of benzene rings is 1. The Morgan fingerprint density at radius 3 is 2.05 bits per heavy atom. The summed E-state index contributed by atoms with van der Waals surface area (Å²) in [6.07, 6.45) is 0.202. The number of carbonyl (C=O) groups excluding carboxylic acids is 3. The quantitative estimate of drug-likeness (QED) is 0.143. The lowest BCUT2D eigenvalue weighted by molar-refractivity contribution is -0.142. The Kier molecular flexibility index (Phi) is 10.8. The van der Waals surface area contributed by atoms with Crippen molar-refractivity contribution in [1.29, 1.82) is 0 Å². The van der Waals surface area contributed by atoms with E-state index in [-0.39, 0.29) is 25.7 Å². The summed E-state index contributed by atoms with van der Waals surface area (Å²) in [5.74, 6) is -6.27. The van der Waals surface area contributed by atoms with Crippen LogP contribution in [-0.2, 0) is 35.2 Å². The molecule has 2 rings (SSSR count). The summed E-state index contributed by atoms with van der Waals surface area (Å²) in [4.78, 5) is 74.7. The second kappa shape index (κ2) is 13.7. The summed E-state index contributed by atoms with van der Waals surface area (Å²) >= 11 is 0. The number of nitrogens with one attached hydrogen (secondary N) is 4. The number of rotatable bonds is 15. The van der Waals surface area contributed by atoms with Crippen molar-refractivity contribution in [2.24, 2.45) is 5.73 Å². The minimum atomic E-state index is -1.41. The maximum atomic E-state index is 13.3. The van der Waals surface area contributed by atoms with Gasteiger partial charge in [0.25, 0.3) is 0 Å². The fraction of sp³-hybridized carbons (Fsp3) is 0.417. The molecular formula is C24H31N5O9. The van der Waals surface area contributed by atoms with Gasteiger partial charge < -0.3 is 42.0 Å². The van der Waals surface area contributed by atoms with E-state index in [1.165, 1.54) is 6.92 Å². The highest BCUT2D eigenvalue weighted by atomic mass is 16.4. The Bertz CT molecular complexity index is 1190. The van der Waals surface area contributed by atoms with Crippen molar-refractivity contribution >= 4 is 46.5 Å². The fourth-order valence-electron chi connectivity index (χ4n) is 3.60. The summed E-state index contributed by atoms with van der Waals surface area (Å²) < 4.78 is 0. The van der Waals surface area contributed by atoms with Crippen LogP contribution < -0.4 is 21.7 Å². The first-order valence-electron chi connectivity index (χ1n) is 11.8. The Balaban J connectivity index is 2.28. The summed E-state index contributed by atoms with van der Waals surface area (Å²) in [5, 5.41) is 34.8. The number of nitrogens with two attached hydrogens (primary N) is 1. The molecule has 206 valence electrons. The number of hydrogen-bond acceptors (Lipinski definition) is 7. The topological polar surface area (TPSA) is 241 Å². The van der Waals surface area contributed by atoms with Gasteiger partial charge in [-0.15, -0.1) is 0 Å². The molecule has 0 radical (unpaired) electrons. The zero-order valence-corrected chi connectivity index (χ0v) is 20.6.